The highest BCUT2D eigenvalue weighted by Gasteiger charge is 2.31. The van der Waals surface area contributed by atoms with Gasteiger partial charge in [-0.25, -0.2) is 4.39 Å². The van der Waals surface area contributed by atoms with Crippen LogP contribution in [0.1, 0.15) is 17.7 Å². The van der Waals surface area contributed by atoms with E-state index in [4.69, 9.17) is 10.3 Å². The van der Waals surface area contributed by atoms with E-state index in [1.54, 1.807) is 6.20 Å². The second-order valence-corrected chi connectivity index (χ2v) is 4.06. The molecule has 0 unspecified atom stereocenters. The Bertz CT molecular complexity index is 328. The van der Waals surface area contributed by atoms with Gasteiger partial charge in [0.25, 0.3) is 0 Å². The first-order valence-corrected chi connectivity index (χ1v) is 5.19. The maximum absolute atomic E-state index is 13.2. The van der Waals surface area contributed by atoms with Crippen LogP contribution < -0.4 is 5.73 Å². The number of alkyl halides is 1. The van der Waals surface area contributed by atoms with Crippen molar-refractivity contribution < 1.29 is 8.91 Å². The highest BCUT2D eigenvalue weighted by molar-refractivity contribution is 5.12. The van der Waals surface area contributed by atoms with Crippen LogP contribution in [0, 0.1) is 6.92 Å². The van der Waals surface area contributed by atoms with Gasteiger partial charge in [-0.05, 0) is 13.3 Å². The Labute approximate surface area is 88.2 Å². The second kappa shape index (κ2) is 4.28. The summed E-state index contributed by atoms with van der Waals surface area (Å²) in [6.07, 6.45) is 1.48. The fourth-order valence-electron chi connectivity index (χ4n) is 2.05. The normalized spacial score (nSPS) is 27.4. The van der Waals surface area contributed by atoms with E-state index in [1.807, 2.05) is 6.92 Å². The molecule has 0 radical (unpaired) electrons. The van der Waals surface area contributed by atoms with E-state index in [9.17, 15) is 4.39 Å². The number of hydrogen-bond donors (Lipinski definition) is 1. The molecule has 1 fully saturated rings. The number of aromatic nitrogens is 1. The van der Waals surface area contributed by atoms with Crippen molar-refractivity contribution in [1.29, 1.82) is 0 Å². The van der Waals surface area contributed by atoms with Crippen molar-refractivity contribution in [1.82, 2.24) is 10.1 Å². The molecule has 0 amide bonds. The number of aryl methyl sites for hydroxylation is 1. The predicted octanol–water partition coefficient (Wildman–Crippen LogP) is 0.854. The topological polar surface area (TPSA) is 55.3 Å². The van der Waals surface area contributed by atoms with Gasteiger partial charge in [0.15, 0.2) is 0 Å². The van der Waals surface area contributed by atoms with E-state index < -0.39 is 6.17 Å². The van der Waals surface area contributed by atoms with Crippen molar-refractivity contribution >= 4 is 0 Å². The number of nitrogens with two attached hydrogens (primary N) is 1. The van der Waals surface area contributed by atoms with Gasteiger partial charge in [-0.3, -0.25) is 4.90 Å². The smallest absolute Gasteiger partial charge is 0.138 e. The second-order valence-electron chi connectivity index (χ2n) is 4.06. The van der Waals surface area contributed by atoms with Gasteiger partial charge in [0.05, 0.1) is 6.20 Å². The fourth-order valence-corrected chi connectivity index (χ4v) is 2.05. The molecule has 1 aliphatic heterocycles. The molecule has 2 atom stereocenters. The van der Waals surface area contributed by atoms with Crippen molar-refractivity contribution in [2.24, 2.45) is 5.73 Å². The molecule has 2 N–H and O–H groups in total. The molecule has 0 aromatic carbocycles. The molecule has 0 bridgehead atoms. The van der Waals surface area contributed by atoms with Gasteiger partial charge in [-0.2, -0.15) is 0 Å². The molecule has 5 heteroatoms. The number of nitrogens with zero attached hydrogens (tertiary/aromatic N) is 2. The Morgan fingerprint density at radius 3 is 3.13 bits per heavy atom. The molecule has 0 aliphatic carbocycles. The molecule has 0 saturated carbocycles. The third kappa shape index (κ3) is 2.18. The number of halogens is 1. The van der Waals surface area contributed by atoms with Crippen LogP contribution in [0.5, 0.6) is 0 Å². The van der Waals surface area contributed by atoms with Gasteiger partial charge in [0.2, 0.25) is 0 Å². The summed E-state index contributed by atoms with van der Waals surface area (Å²) in [5, 5.41) is 3.71. The van der Waals surface area contributed by atoms with Crippen LogP contribution >= 0.6 is 0 Å². The van der Waals surface area contributed by atoms with E-state index in [-0.39, 0.29) is 6.04 Å². The molecule has 1 aromatic rings. The van der Waals surface area contributed by atoms with Crippen molar-refractivity contribution in [3.8, 4) is 0 Å². The molecule has 2 heterocycles. The van der Waals surface area contributed by atoms with Gasteiger partial charge >= 0.3 is 0 Å². The summed E-state index contributed by atoms with van der Waals surface area (Å²) in [5.41, 5.74) is 6.62. The molecule has 1 saturated heterocycles. The molecule has 84 valence electrons. The zero-order chi connectivity index (χ0) is 10.8. The molecule has 1 aromatic heterocycles. The van der Waals surface area contributed by atoms with Crippen LogP contribution in [0.25, 0.3) is 0 Å². The van der Waals surface area contributed by atoms with Gasteiger partial charge in [-0.1, -0.05) is 5.16 Å². The average Bonchev–Trinajstić information content (AvgIpc) is 2.75. The molecular formula is C10H16FN3O. The molecule has 1 aliphatic rings. The van der Waals surface area contributed by atoms with E-state index >= 15 is 0 Å². The zero-order valence-electron chi connectivity index (χ0n) is 8.82. The molecule has 15 heavy (non-hydrogen) atoms. The van der Waals surface area contributed by atoms with E-state index in [2.05, 4.69) is 10.1 Å². The molecule has 0 spiro atoms. The van der Waals surface area contributed by atoms with Crippen LogP contribution in [-0.2, 0) is 6.54 Å². The molecule has 2 rings (SSSR count). The van der Waals surface area contributed by atoms with Gasteiger partial charge in [0.1, 0.15) is 11.9 Å². The van der Waals surface area contributed by atoms with Crippen LogP contribution in [-0.4, -0.2) is 35.4 Å². The highest BCUT2D eigenvalue weighted by atomic mass is 19.1. The fraction of sp³-hybridized carbons (Fsp3) is 0.700. The summed E-state index contributed by atoms with van der Waals surface area (Å²) in [7, 11) is 0. The Kier molecular flexibility index (Phi) is 3.02. The number of likely N-dealkylation sites (tertiary alicyclic amines) is 1. The van der Waals surface area contributed by atoms with Crippen LogP contribution in [0.2, 0.25) is 0 Å². The lowest BCUT2D eigenvalue weighted by atomic mass is 10.2. The van der Waals surface area contributed by atoms with Crippen molar-refractivity contribution in [3.05, 3.63) is 17.5 Å². The van der Waals surface area contributed by atoms with Crippen molar-refractivity contribution in [3.63, 3.8) is 0 Å². The van der Waals surface area contributed by atoms with Gasteiger partial charge in [0, 0.05) is 31.2 Å². The third-order valence-corrected chi connectivity index (χ3v) is 2.97. The monoisotopic (exact) mass is 213 g/mol. The van der Waals surface area contributed by atoms with Gasteiger partial charge < -0.3 is 10.3 Å². The van der Waals surface area contributed by atoms with E-state index in [0.717, 1.165) is 11.3 Å². The average molecular weight is 213 g/mol. The summed E-state index contributed by atoms with van der Waals surface area (Å²) >= 11 is 0. The van der Waals surface area contributed by atoms with Crippen molar-refractivity contribution in [2.75, 3.05) is 13.1 Å². The summed E-state index contributed by atoms with van der Waals surface area (Å²) < 4.78 is 18.2. The quantitative estimate of drug-likeness (QED) is 0.809. The van der Waals surface area contributed by atoms with E-state index in [0.29, 0.717) is 26.1 Å². The lowest BCUT2D eigenvalue weighted by Crippen LogP contribution is -2.34. The maximum Gasteiger partial charge on any atom is 0.138 e. The first-order chi connectivity index (χ1) is 7.20. The van der Waals surface area contributed by atoms with Crippen LogP contribution in [0.4, 0.5) is 4.39 Å². The minimum absolute atomic E-state index is 0.147. The van der Waals surface area contributed by atoms with Gasteiger partial charge in [-0.15, -0.1) is 0 Å². The SMILES string of the molecule is Cc1oncc1CN1C[C@H](F)C[C@H]1CN. The molecular weight excluding hydrogens is 197 g/mol. The largest absolute Gasteiger partial charge is 0.361 e. The lowest BCUT2D eigenvalue weighted by molar-refractivity contribution is 0.237. The summed E-state index contributed by atoms with van der Waals surface area (Å²) in [6.45, 7) is 3.51. The lowest BCUT2D eigenvalue weighted by Gasteiger charge is -2.21. The van der Waals surface area contributed by atoms with E-state index in [1.165, 1.54) is 0 Å². The summed E-state index contributed by atoms with van der Waals surface area (Å²) in [5.74, 6) is 0.799. The Morgan fingerprint density at radius 1 is 1.73 bits per heavy atom. The Balaban J connectivity index is 2.02. The van der Waals surface area contributed by atoms with Crippen molar-refractivity contribution in [2.45, 2.75) is 32.1 Å². The minimum Gasteiger partial charge on any atom is -0.361 e. The Hall–Kier alpha value is -0.940. The maximum atomic E-state index is 13.2. The molecule has 4 nitrogen and oxygen atoms in total. The Morgan fingerprint density at radius 2 is 2.53 bits per heavy atom. The number of rotatable bonds is 3. The van der Waals surface area contributed by atoms with Crippen LogP contribution in [0.3, 0.4) is 0 Å². The minimum atomic E-state index is -0.751. The first kappa shape index (κ1) is 10.6. The highest BCUT2D eigenvalue weighted by Crippen LogP contribution is 2.22. The summed E-state index contributed by atoms with van der Waals surface area (Å²) in [6, 6.07) is 0.147. The number of hydrogen-bond acceptors (Lipinski definition) is 4. The third-order valence-electron chi connectivity index (χ3n) is 2.97. The summed E-state index contributed by atoms with van der Waals surface area (Å²) in [4.78, 5) is 2.06. The standard InChI is InChI=1S/C10H16FN3O/c1-7-8(4-13-15-7)5-14-6-9(11)2-10(14)3-12/h4,9-10H,2-3,5-6,12H2,1H3/t9-,10+/m1/s1. The van der Waals surface area contributed by atoms with Crippen LogP contribution in [0.15, 0.2) is 10.7 Å². The zero-order valence-corrected chi connectivity index (χ0v) is 8.82. The first-order valence-electron chi connectivity index (χ1n) is 5.19. The predicted molar refractivity (Wildman–Crippen MR) is 54.0 cm³/mol.